The highest BCUT2D eigenvalue weighted by atomic mass is 32.2. The molecular weight excluding hydrogens is 470 g/mol. The molecule has 178 valence electrons. The van der Waals surface area contributed by atoms with Gasteiger partial charge < -0.3 is 11.1 Å². The van der Waals surface area contributed by atoms with Gasteiger partial charge in [-0.15, -0.1) is 23.1 Å². The van der Waals surface area contributed by atoms with Gasteiger partial charge in [0.15, 0.2) is 0 Å². The van der Waals surface area contributed by atoms with Crippen molar-refractivity contribution in [2.24, 2.45) is 17.6 Å². The molecule has 0 aliphatic heterocycles. The molecule has 1 aromatic heterocycles. The van der Waals surface area contributed by atoms with Crippen molar-refractivity contribution in [3.8, 4) is 0 Å². The maximum Gasteiger partial charge on any atom is 0.248 e. The highest BCUT2D eigenvalue weighted by Gasteiger charge is 2.35. The van der Waals surface area contributed by atoms with E-state index in [1.54, 1.807) is 5.48 Å². The third kappa shape index (κ3) is 7.44. The number of carbonyl (C=O) groups is 3. The monoisotopic (exact) mass is 497 g/mol. The minimum atomic E-state index is -0.934. The first-order valence-corrected chi connectivity index (χ1v) is 12.6. The van der Waals surface area contributed by atoms with Gasteiger partial charge >= 0.3 is 0 Å². The van der Waals surface area contributed by atoms with E-state index >= 15 is 0 Å². The number of rotatable bonds is 12. The molecule has 0 saturated heterocycles. The molecule has 0 bridgehead atoms. The number of benzene rings is 2. The van der Waals surface area contributed by atoms with Crippen LogP contribution >= 0.6 is 23.1 Å². The van der Waals surface area contributed by atoms with Gasteiger partial charge in [-0.3, -0.25) is 19.6 Å². The molecule has 0 spiro atoms. The summed E-state index contributed by atoms with van der Waals surface area (Å²) >= 11 is 2.97. The number of primary amides is 1. The van der Waals surface area contributed by atoms with Gasteiger partial charge in [0.25, 0.3) is 0 Å². The Kier molecular flexibility index (Phi) is 9.69. The van der Waals surface area contributed by atoms with Crippen molar-refractivity contribution in [3.63, 3.8) is 0 Å². The molecule has 0 fully saturated rings. The number of nitrogens with two attached hydrogens (primary N) is 1. The zero-order chi connectivity index (χ0) is 24.3. The molecular formula is C25H27N3O4S2. The van der Waals surface area contributed by atoms with Crippen LogP contribution in [0.15, 0.2) is 82.4 Å². The molecule has 0 radical (unpaired) electrons. The van der Waals surface area contributed by atoms with E-state index in [1.807, 2.05) is 78.2 Å². The average Bonchev–Trinajstić information content (AvgIpc) is 3.37. The second-order valence-corrected chi connectivity index (χ2v) is 10.0. The van der Waals surface area contributed by atoms with Crippen molar-refractivity contribution in [3.05, 3.63) is 89.3 Å². The van der Waals surface area contributed by atoms with Gasteiger partial charge in [-0.2, -0.15) is 0 Å². The molecule has 3 rings (SSSR count). The van der Waals surface area contributed by atoms with Crippen molar-refractivity contribution >= 4 is 40.8 Å². The zero-order valence-corrected chi connectivity index (χ0v) is 20.1. The average molecular weight is 498 g/mol. The van der Waals surface area contributed by atoms with E-state index in [0.717, 1.165) is 15.3 Å². The van der Waals surface area contributed by atoms with E-state index in [2.05, 4.69) is 5.32 Å². The Bertz CT molecular complexity index is 1060. The van der Waals surface area contributed by atoms with Crippen molar-refractivity contribution in [1.29, 1.82) is 0 Å². The Balaban J connectivity index is 1.84. The Morgan fingerprint density at radius 3 is 2.00 bits per heavy atom. The lowest BCUT2D eigenvalue weighted by atomic mass is 9.86. The van der Waals surface area contributed by atoms with Crippen LogP contribution in [0.3, 0.4) is 0 Å². The first-order valence-electron chi connectivity index (χ1n) is 10.8. The molecule has 5 N–H and O–H groups in total. The molecule has 9 heteroatoms. The number of amides is 3. The number of carbonyl (C=O) groups excluding carboxylic acids is 3. The standard InChI is InChI=1S/C25H27N3O4S2/c26-23(29)21(15-18-10-5-2-6-11-18)27-24(30)19(14-17-8-3-1-4-9-17)20(25(31)28-32)16-34-22-12-7-13-33-22/h1-13,19-21,32H,14-16H2,(H2,26,29)(H,27,30)(H,28,31)/t19-,20+,21+/m1/s1. The van der Waals surface area contributed by atoms with E-state index in [0.29, 0.717) is 0 Å². The van der Waals surface area contributed by atoms with Crippen LogP contribution in [0, 0.1) is 11.8 Å². The van der Waals surface area contributed by atoms with Crippen LogP contribution in [-0.2, 0) is 27.2 Å². The topological polar surface area (TPSA) is 122 Å². The number of hydrogen-bond acceptors (Lipinski definition) is 6. The molecule has 34 heavy (non-hydrogen) atoms. The van der Waals surface area contributed by atoms with Gasteiger partial charge in [0.1, 0.15) is 6.04 Å². The summed E-state index contributed by atoms with van der Waals surface area (Å²) in [6, 6.07) is 21.5. The second kappa shape index (κ2) is 12.9. The van der Waals surface area contributed by atoms with E-state index < -0.39 is 35.6 Å². The molecule has 3 atom stereocenters. The van der Waals surface area contributed by atoms with E-state index in [-0.39, 0.29) is 18.6 Å². The second-order valence-electron chi connectivity index (χ2n) is 7.78. The maximum absolute atomic E-state index is 13.5. The van der Waals surface area contributed by atoms with Gasteiger partial charge in [-0.25, -0.2) is 5.48 Å². The summed E-state index contributed by atoms with van der Waals surface area (Å²) < 4.78 is 0.994. The fraction of sp³-hybridized carbons (Fsp3) is 0.240. The molecule has 0 unspecified atom stereocenters. The van der Waals surface area contributed by atoms with Crippen molar-refractivity contribution in [1.82, 2.24) is 10.8 Å². The lowest BCUT2D eigenvalue weighted by Crippen LogP contribution is -2.51. The smallest absolute Gasteiger partial charge is 0.248 e. The number of hydroxylamine groups is 1. The van der Waals surface area contributed by atoms with Crippen LogP contribution in [-0.4, -0.2) is 34.7 Å². The molecule has 0 aliphatic rings. The van der Waals surface area contributed by atoms with Gasteiger partial charge in [-0.05, 0) is 29.0 Å². The predicted octanol–water partition coefficient (Wildman–Crippen LogP) is 3.03. The number of hydrogen-bond donors (Lipinski definition) is 4. The first kappa shape index (κ1) is 25.5. The Labute approximate surface area is 206 Å². The Hall–Kier alpha value is -3.14. The van der Waals surface area contributed by atoms with Crippen molar-refractivity contribution in [2.75, 3.05) is 5.75 Å². The molecule has 3 aromatic rings. The molecule has 3 amide bonds. The minimum absolute atomic E-state index is 0.237. The Morgan fingerprint density at radius 1 is 0.853 bits per heavy atom. The van der Waals surface area contributed by atoms with Crippen LogP contribution in [0.25, 0.3) is 0 Å². The normalized spacial score (nSPS) is 13.4. The molecule has 0 aliphatic carbocycles. The van der Waals surface area contributed by atoms with Crippen LogP contribution in [0.2, 0.25) is 0 Å². The predicted molar refractivity (Wildman–Crippen MR) is 133 cm³/mol. The third-order valence-corrected chi connectivity index (χ3v) is 7.66. The lowest BCUT2D eigenvalue weighted by molar-refractivity contribution is -0.140. The molecule has 7 nitrogen and oxygen atoms in total. The van der Waals surface area contributed by atoms with Gasteiger partial charge in [0.2, 0.25) is 17.7 Å². The molecule has 1 heterocycles. The largest absolute Gasteiger partial charge is 0.368 e. The number of thioether (sulfide) groups is 1. The first-order chi connectivity index (χ1) is 16.5. The van der Waals surface area contributed by atoms with Gasteiger partial charge in [0.05, 0.1) is 16.0 Å². The SMILES string of the molecule is NC(=O)[C@H](Cc1ccccc1)NC(=O)[C@H](Cc1ccccc1)[C@H](CSc1cccs1)C(=O)NO. The van der Waals surface area contributed by atoms with Gasteiger partial charge in [0, 0.05) is 12.2 Å². The van der Waals surface area contributed by atoms with E-state index in [4.69, 9.17) is 5.73 Å². The molecule has 0 saturated carbocycles. The van der Waals surface area contributed by atoms with Gasteiger partial charge in [-0.1, -0.05) is 66.7 Å². The molecule has 2 aromatic carbocycles. The lowest BCUT2D eigenvalue weighted by Gasteiger charge is -2.26. The van der Waals surface area contributed by atoms with Crippen LogP contribution < -0.4 is 16.5 Å². The maximum atomic E-state index is 13.5. The summed E-state index contributed by atoms with van der Waals surface area (Å²) in [5, 5.41) is 14.1. The van der Waals surface area contributed by atoms with Crippen molar-refractivity contribution in [2.45, 2.75) is 23.1 Å². The van der Waals surface area contributed by atoms with Crippen LogP contribution in [0.4, 0.5) is 0 Å². The quantitative estimate of drug-likeness (QED) is 0.174. The van der Waals surface area contributed by atoms with E-state index in [9.17, 15) is 19.6 Å². The third-order valence-electron chi connectivity index (χ3n) is 5.41. The summed E-state index contributed by atoms with van der Waals surface area (Å²) in [5.41, 5.74) is 9.02. The van der Waals surface area contributed by atoms with E-state index in [1.165, 1.54) is 23.1 Å². The zero-order valence-electron chi connectivity index (χ0n) is 18.4. The summed E-state index contributed by atoms with van der Waals surface area (Å²) in [7, 11) is 0. The summed E-state index contributed by atoms with van der Waals surface area (Å²) in [6.07, 6.45) is 0.493. The van der Waals surface area contributed by atoms with Crippen molar-refractivity contribution < 1.29 is 19.6 Å². The highest BCUT2D eigenvalue weighted by Crippen LogP contribution is 2.30. The summed E-state index contributed by atoms with van der Waals surface area (Å²) in [5.74, 6) is -3.19. The van der Waals surface area contributed by atoms with Crippen LogP contribution in [0.1, 0.15) is 11.1 Å². The Morgan fingerprint density at radius 2 is 1.47 bits per heavy atom. The fourth-order valence-corrected chi connectivity index (χ4v) is 5.61. The number of nitrogens with one attached hydrogen (secondary N) is 2. The summed E-state index contributed by atoms with van der Waals surface area (Å²) in [4.78, 5) is 38.3. The number of thiophene rings is 1. The highest BCUT2D eigenvalue weighted by molar-refractivity contribution is 8.01. The van der Waals surface area contributed by atoms with Crippen LogP contribution in [0.5, 0.6) is 0 Å². The summed E-state index contributed by atoms with van der Waals surface area (Å²) in [6.45, 7) is 0. The minimum Gasteiger partial charge on any atom is -0.368 e. The fourth-order valence-electron chi connectivity index (χ4n) is 3.61.